The molecule has 0 spiro atoms. The van der Waals surface area contributed by atoms with Crippen LogP contribution in [-0.2, 0) is 4.74 Å². The Labute approximate surface area is 88.6 Å². The summed E-state index contributed by atoms with van der Waals surface area (Å²) in [5, 5.41) is 31.9. The third kappa shape index (κ3) is 1.66. The van der Waals surface area contributed by atoms with Crippen molar-refractivity contribution in [3.8, 4) is 0 Å². The van der Waals surface area contributed by atoms with Gasteiger partial charge in [-0.05, 0) is 19.3 Å². The van der Waals surface area contributed by atoms with Gasteiger partial charge in [0.2, 0.25) is 0 Å². The first-order chi connectivity index (χ1) is 7.44. The zero-order chi connectivity index (χ0) is 12.3. The van der Waals surface area contributed by atoms with Crippen LogP contribution in [0.3, 0.4) is 0 Å². The highest BCUT2D eigenvalue weighted by Crippen LogP contribution is 2.27. The van der Waals surface area contributed by atoms with Crippen molar-refractivity contribution in [2.75, 3.05) is 6.61 Å². The minimum absolute atomic E-state index is 0.0575. The molecule has 0 aromatic carbocycles. The van der Waals surface area contributed by atoms with Gasteiger partial charge >= 0.3 is 5.79 Å². The van der Waals surface area contributed by atoms with Crippen LogP contribution in [0.5, 0.6) is 0 Å². The number of hydrogen-bond acceptors (Lipinski definition) is 7. The van der Waals surface area contributed by atoms with E-state index in [0.29, 0.717) is 12.8 Å². The van der Waals surface area contributed by atoms with E-state index in [2.05, 4.69) is 0 Å². The Morgan fingerprint density at radius 1 is 1.00 bits per heavy atom. The minimum Gasteiger partial charge on any atom is -0.357 e. The molecule has 0 aromatic rings. The Morgan fingerprint density at radius 3 is 1.81 bits per heavy atom. The lowest BCUT2D eigenvalue weighted by Gasteiger charge is -2.22. The maximum absolute atomic E-state index is 10.6. The summed E-state index contributed by atoms with van der Waals surface area (Å²) in [6, 6.07) is 0. The van der Waals surface area contributed by atoms with Crippen LogP contribution in [0.1, 0.15) is 19.3 Å². The van der Waals surface area contributed by atoms with Crippen LogP contribution in [0, 0.1) is 30.3 Å². The van der Waals surface area contributed by atoms with Crippen molar-refractivity contribution < 1.29 is 19.5 Å². The summed E-state index contributed by atoms with van der Waals surface area (Å²) in [5.74, 6) is -3.49. The van der Waals surface area contributed by atoms with Crippen LogP contribution in [-0.4, -0.2) is 33.3 Å². The summed E-state index contributed by atoms with van der Waals surface area (Å²) in [7, 11) is 0. The summed E-state index contributed by atoms with van der Waals surface area (Å²) < 4.78 is 4.80. The Kier molecular flexibility index (Phi) is 3.32. The highest BCUT2D eigenvalue weighted by Gasteiger charge is 2.77. The van der Waals surface area contributed by atoms with Gasteiger partial charge in [0.25, 0.3) is 6.10 Å². The third-order valence-electron chi connectivity index (χ3n) is 2.42. The predicted octanol–water partition coefficient (Wildman–Crippen LogP) is 0.0394. The molecule has 1 rings (SSSR count). The van der Waals surface area contributed by atoms with Crippen molar-refractivity contribution in [3.63, 3.8) is 0 Å². The molecule has 1 heterocycles. The molecule has 1 fully saturated rings. The zero-order valence-electron chi connectivity index (χ0n) is 8.11. The molecule has 1 atom stereocenters. The topological polar surface area (TPSA) is 139 Å². The van der Waals surface area contributed by atoms with Gasteiger partial charge in [0.05, 0.1) is 0 Å². The third-order valence-corrected chi connectivity index (χ3v) is 2.42. The quantitative estimate of drug-likeness (QED) is 0.380. The lowest BCUT2D eigenvalue weighted by molar-refractivity contribution is -0.978. The Balaban J connectivity index is 3.14. The predicted molar refractivity (Wildman–Crippen MR) is 47.3 cm³/mol. The van der Waals surface area contributed by atoms with Crippen molar-refractivity contribution in [2.24, 2.45) is 0 Å². The molecule has 10 nitrogen and oxygen atoms in total. The summed E-state index contributed by atoms with van der Waals surface area (Å²) in [5.41, 5.74) is 0. The number of nitrogens with zero attached hydrogens (tertiary/aromatic N) is 3. The molecule has 0 bridgehead atoms. The van der Waals surface area contributed by atoms with Crippen LogP contribution in [0.2, 0.25) is 0 Å². The molecule has 90 valence electrons. The number of ether oxygens (including phenoxy) is 1. The van der Waals surface area contributed by atoms with Gasteiger partial charge in [-0.15, -0.1) is 0 Å². The van der Waals surface area contributed by atoms with E-state index in [0.717, 1.165) is 0 Å². The molecule has 0 radical (unpaired) electrons. The first-order valence-corrected chi connectivity index (χ1v) is 4.49. The van der Waals surface area contributed by atoms with Crippen LogP contribution < -0.4 is 0 Å². The molecular weight excluding hydrogens is 226 g/mol. The van der Waals surface area contributed by atoms with E-state index in [1.54, 1.807) is 0 Å². The van der Waals surface area contributed by atoms with E-state index >= 15 is 0 Å². The van der Waals surface area contributed by atoms with Gasteiger partial charge in [0.15, 0.2) is 14.8 Å². The van der Waals surface area contributed by atoms with Gasteiger partial charge in [-0.3, -0.25) is 30.3 Å². The van der Waals surface area contributed by atoms with Crippen LogP contribution in [0.4, 0.5) is 0 Å². The fourth-order valence-corrected chi connectivity index (χ4v) is 1.60. The molecule has 0 aliphatic carbocycles. The lowest BCUT2D eigenvalue weighted by Crippen LogP contribution is -2.62. The summed E-state index contributed by atoms with van der Waals surface area (Å²) in [4.78, 5) is 27.4. The van der Waals surface area contributed by atoms with Crippen molar-refractivity contribution in [3.05, 3.63) is 30.3 Å². The van der Waals surface area contributed by atoms with Crippen LogP contribution >= 0.6 is 0 Å². The molecule has 0 amide bonds. The van der Waals surface area contributed by atoms with Gasteiger partial charge in [-0.2, -0.15) is 0 Å². The second-order valence-corrected chi connectivity index (χ2v) is 3.31. The number of hydrogen-bond donors (Lipinski definition) is 0. The average molecular weight is 235 g/mol. The molecule has 10 heteroatoms. The number of nitro groups is 3. The highest BCUT2D eigenvalue weighted by atomic mass is 16.7. The van der Waals surface area contributed by atoms with Crippen molar-refractivity contribution in [2.45, 2.75) is 31.2 Å². The lowest BCUT2D eigenvalue weighted by atomic mass is 10.0. The first kappa shape index (κ1) is 12.2. The SMILES string of the molecule is O=[N+]([O-])C(C1CCCCO1)([N+](=O)[O-])[N+](=O)[O-]. The Hall–Kier alpha value is -1.84. The fourth-order valence-electron chi connectivity index (χ4n) is 1.60. The maximum atomic E-state index is 10.6. The van der Waals surface area contributed by atoms with E-state index in [1.165, 1.54) is 0 Å². The standard InChI is InChI=1S/C6H9N3O7/c10-7(11)6(8(12)13,9(14)15)5-3-1-2-4-16-5/h5H,1-4H2. The second-order valence-electron chi connectivity index (χ2n) is 3.31. The number of rotatable bonds is 4. The normalized spacial score (nSPS) is 21.4. The molecule has 1 saturated heterocycles. The summed E-state index contributed by atoms with van der Waals surface area (Å²) in [6.45, 7) is 0.0575. The smallest absolute Gasteiger partial charge is 0.357 e. The van der Waals surface area contributed by atoms with Gasteiger partial charge in [-0.25, -0.2) is 0 Å². The van der Waals surface area contributed by atoms with E-state index < -0.39 is 26.7 Å². The maximum Gasteiger partial charge on any atom is 0.726 e. The van der Waals surface area contributed by atoms with Crippen molar-refractivity contribution >= 4 is 0 Å². The van der Waals surface area contributed by atoms with Gasteiger partial charge in [0, 0.05) is 6.61 Å². The first-order valence-electron chi connectivity index (χ1n) is 4.49. The molecule has 1 aliphatic heterocycles. The molecule has 16 heavy (non-hydrogen) atoms. The van der Waals surface area contributed by atoms with E-state index in [1.807, 2.05) is 0 Å². The van der Waals surface area contributed by atoms with Crippen molar-refractivity contribution in [1.82, 2.24) is 0 Å². The van der Waals surface area contributed by atoms with E-state index in [4.69, 9.17) is 4.74 Å². The second kappa shape index (κ2) is 4.35. The Bertz CT molecular complexity index is 288. The molecule has 0 aromatic heterocycles. The molecule has 1 unspecified atom stereocenters. The highest BCUT2D eigenvalue weighted by molar-refractivity contribution is 4.72. The minimum atomic E-state index is -3.49. The van der Waals surface area contributed by atoms with Crippen LogP contribution in [0.25, 0.3) is 0 Å². The largest absolute Gasteiger partial charge is 0.726 e. The monoisotopic (exact) mass is 235 g/mol. The average Bonchev–Trinajstić information content (AvgIpc) is 2.18. The van der Waals surface area contributed by atoms with Crippen molar-refractivity contribution in [1.29, 1.82) is 0 Å². The fraction of sp³-hybridized carbons (Fsp3) is 1.00. The molecule has 0 saturated carbocycles. The van der Waals surface area contributed by atoms with Gasteiger partial charge in [-0.1, -0.05) is 0 Å². The van der Waals surface area contributed by atoms with Gasteiger partial charge < -0.3 is 4.74 Å². The van der Waals surface area contributed by atoms with Gasteiger partial charge in [0.1, 0.15) is 0 Å². The zero-order valence-corrected chi connectivity index (χ0v) is 8.11. The summed E-state index contributed by atoms with van der Waals surface area (Å²) in [6.07, 6.45) is -0.675. The Morgan fingerprint density at radius 2 is 1.50 bits per heavy atom. The molecule has 0 N–H and O–H groups in total. The molecular formula is C6H9N3O7. The molecule has 1 aliphatic rings. The van der Waals surface area contributed by atoms with E-state index in [-0.39, 0.29) is 13.0 Å². The summed E-state index contributed by atoms with van der Waals surface area (Å²) >= 11 is 0. The van der Waals surface area contributed by atoms with E-state index in [9.17, 15) is 30.3 Å². The van der Waals surface area contributed by atoms with Crippen LogP contribution in [0.15, 0.2) is 0 Å².